The summed E-state index contributed by atoms with van der Waals surface area (Å²) in [5, 5.41) is 4.87. The third-order valence-electron chi connectivity index (χ3n) is 5.07. The van der Waals surface area contributed by atoms with E-state index >= 15 is 0 Å². The van der Waals surface area contributed by atoms with Gasteiger partial charge in [-0.3, -0.25) is 9.52 Å². The second-order valence-electron chi connectivity index (χ2n) is 7.80. The number of halogens is 2. The van der Waals surface area contributed by atoms with Gasteiger partial charge in [-0.1, -0.05) is 23.2 Å². The maximum Gasteiger partial charge on any atom is 0.343 e. The van der Waals surface area contributed by atoms with Crippen LogP contribution in [0.25, 0.3) is 0 Å². The molecule has 0 radical (unpaired) electrons. The lowest BCUT2D eigenvalue weighted by atomic mass is 10.2. The first-order valence-corrected chi connectivity index (χ1v) is 13.2. The summed E-state index contributed by atoms with van der Waals surface area (Å²) in [6.45, 7) is 0. The van der Waals surface area contributed by atoms with Gasteiger partial charge in [0.2, 0.25) is 0 Å². The van der Waals surface area contributed by atoms with Gasteiger partial charge in [0.05, 0.1) is 16.7 Å². The number of amides is 1. The number of nitrogens with zero attached hydrogens (tertiary/aromatic N) is 1. The molecule has 0 saturated carbocycles. The molecular weight excluding hydrogens is 549 g/mol. The van der Waals surface area contributed by atoms with E-state index in [1.165, 1.54) is 54.7 Å². The highest BCUT2D eigenvalue weighted by Gasteiger charge is 2.14. The number of nitrogens with one attached hydrogen (secondary N) is 2. The number of carbonyl (C=O) groups excluding carboxylic acids is 2. The summed E-state index contributed by atoms with van der Waals surface area (Å²) in [7, 11) is -3.80. The molecule has 0 spiro atoms. The lowest BCUT2D eigenvalue weighted by Gasteiger charge is -2.09. The number of sulfonamides is 1. The Hall–Kier alpha value is -4.18. The fourth-order valence-electron chi connectivity index (χ4n) is 3.12. The molecule has 0 atom stereocenters. The van der Waals surface area contributed by atoms with E-state index in [1.807, 2.05) is 0 Å². The maximum atomic E-state index is 12.5. The second kappa shape index (κ2) is 11.9. The topological polar surface area (TPSA) is 114 Å². The molecule has 2 N–H and O–H groups in total. The van der Waals surface area contributed by atoms with Gasteiger partial charge in [0.1, 0.15) is 5.75 Å². The van der Waals surface area contributed by atoms with Crippen molar-refractivity contribution in [2.75, 3.05) is 4.72 Å². The van der Waals surface area contributed by atoms with Gasteiger partial charge in [-0.05, 0) is 103 Å². The maximum absolute atomic E-state index is 12.5. The Kier molecular flexibility index (Phi) is 8.42. The number of esters is 1. The summed E-state index contributed by atoms with van der Waals surface area (Å²) < 4.78 is 32.7. The van der Waals surface area contributed by atoms with Crippen LogP contribution in [0.2, 0.25) is 10.0 Å². The molecule has 4 aromatic carbocycles. The Morgan fingerprint density at radius 2 is 1.29 bits per heavy atom. The zero-order valence-corrected chi connectivity index (χ0v) is 21.8. The van der Waals surface area contributed by atoms with Crippen molar-refractivity contribution in [2.24, 2.45) is 5.10 Å². The van der Waals surface area contributed by atoms with Crippen LogP contribution in [-0.2, 0) is 10.0 Å². The molecule has 0 saturated heterocycles. The fraction of sp³-hybridized carbons (Fsp3) is 0. The molecule has 8 nitrogen and oxygen atoms in total. The number of rotatable bonds is 8. The molecular formula is C27H19Cl2N3O5S. The van der Waals surface area contributed by atoms with Crippen molar-refractivity contribution in [3.05, 3.63) is 124 Å². The Morgan fingerprint density at radius 3 is 1.89 bits per heavy atom. The molecule has 4 aromatic rings. The van der Waals surface area contributed by atoms with Gasteiger partial charge in [-0.25, -0.2) is 18.6 Å². The van der Waals surface area contributed by atoms with Gasteiger partial charge in [-0.15, -0.1) is 0 Å². The van der Waals surface area contributed by atoms with Crippen molar-refractivity contribution >= 4 is 57.0 Å². The first kappa shape index (κ1) is 26.9. The standard InChI is InChI=1S/C27H19Cl2N3O5S/c28-21-7-3-20(4-8-21)27(34)37-24-13-1-18(2-14-24)17-30-31-26(33)19-5-11-23(12-6-19)32-38(35,36)25-15-9-22(29)10-16-25/h1-17,32H,(H,31,33)/b30-17-. The quantitative estimate of drug-likeness (QED) is 0.121. The minimum Gasteiger partial charge on any atom is -0.423 e. The Labute approximate surface area is 228 Å². The molecule has 0 aliphatic heterocycles. The van der Waals surface area contributed by atoms with Crippen LogP contribution >= 0.6 is 23.2 Å². The van der Waals surface area contributed by atoms with E-state index in [0.717, 1.165) is 0 Å². The zero-order chi connectivity index (χ0) is 27.1. The predicted octanol–water partition coefficient (Wildman–Crippen LogP) is 5.78. The molecule has 0 bridgehead atoms. The van der Waals surface area contributed by atoms with Crippen LogP contribution < -0.4 is 14.9 Å². The van der Waals surface area contributed by atoms with Crippen molar-refractivity contribution in [1.29, 1.82) is 0 Å². The molecule has 192 valence electrons. The van der Waals surface area contributed by atoms with E-state index in [1.54, 1.807) is 48.5 Å². The molecule has 1 amide bonds. The smallest absolute Gasteiger partial charge is 0.343 e. The van der Waals surface area contributed by atoms with Crippen molar-refractivity contribution in [3.63, 3.8) is 0 Å². The first-order valence-electron chi connectivity index (χ1n) is 11.0. The van der Waals surface area contributed by atoms with E-state index in [0.29, 0.717) is 26.9 Å². The van der Waals surface area contributed by atoms with Crippen molar-refractivity contribution in [2.45, 2.75) is 4.90 Å². The number of anilines is 1. The van der Waals surface area contributed by atoms with E-state index in [9.17, 15) is 18.0 Å². The van der Waals surface area contributed by atoms with Gasteiger partial charge in [-0.2, -0.15) is 5.10 Å². The summed E-state index contributed by atoms with van der Waals surface area (Å²) in [5.41, 5.74) is 4.00. The Bertz CT molecular complexity index is 1570. The van der Waals surface area contributed by atoms with Gasteiger partial charge >= 0.3 is 5.97 Å². The molecule has 38 heavy (non-hydrogen) atoms. The number of hydrazone groups is 1. The lowest BCUT2D eigenvalue weighted by molar-refractivity contribution is 0.0734. The van der Waals surface area contributed by atoms with Crippen molar-refractivity contribution in [1.82, 2.24) is 5.43 Å². The van der Waals surface area contributed by atoms with Gasteiger partial charge in [0.25, 0.3) is 15.9 Å². The van der Waals surface area contributed by atoms with E-state index in [-0.39, 0.29) is 16.1 Å². The summed E-state index contributed by atoms with van der Waals surface area (Å²) in [5.74, 6) is -0.654. The van der Waals surface area contributed by atoms with Crippen LogP contribution in [0.1, 0.15) is 26.3 Å². The van der Waals surface area contributed by atoms with E-state index in [4.69, 9.17) is 27.9 Å². The molecule has 0 heterocycles. The summed E-state index contributed by atoms with van der Waals surface area (Å²) >= 11 is 11.6. The van der Waals surface area contributed by atoms with Crippen LogP contribution in [-0.4, -0.2) is 26.5 Å². The molecule has 0 fully saturated rings. The van der Waals surface area contributed by atoms with Gasteiger partial charge < -0.3 is 4.74 Å². The summed E-state index contributed by atoms with van der Waals surface area (Å²) in [6, 6.07) is 24.5. The summed E-state index contributed by atoms with van der Waals surface area (Å²) in [6.07, 6.45) is 1.43. The summed E-state index contributed by atoms with van der Waals surface area (Å²) in [4.78, 5) is 24.6. The zero-order valence-electron chi connectivity index (χ0n) is 19.5. The van der Waals surface area contributed by atoms with E-state index in [2.05, 4.69) is 15.2 Å². The van der Waals surface area contributed by atoms with Crippen LogP contribution in [0.3, 0.4) is 0 Å². The minimum atomic E-state index is -3.80. The Balaban J connectivity index is 1.30. The highest BCUT2D eigenvalue weighted by molar-refractivity contribution is 7.92. The van der Waals surface area contributed by atoms with Crippen LogP contribution in [0.15, 0.2) is 107 Å². The Morgan fingerprint density at radius 1 is 0.737 bits per heavy atom. The van der Waals surface area contributed by atoms with E-state index < -0.39 is 21.9 Å². The van der Waals surface area contributed by atoms with Gasteiger partial charge in [0, 0.05) is 21.3 Å². The number of carbonyl (C=O) groups is 2. The minimum absolute atomic E-state index is 0.0609. The predicted molar refractivity (Wildman–Crippen MR) is 147 cm³/mol. The molecule has 0 unspecified atom stereocenters. The molecule has 0 aliphatic carbocycles. The molecule has 0 aromatic heterocycles. The molecule has 4 rings (SSSR count). The SMILES string of the molecule is O=C(N/N=C\c1ccc(OC(=O)c2ccc(Cl)cc2)cc1)c1ccc(NS(=O)(=O)c2ccc(Cl)cc2)cc1. The van der Waals surface area contributed by atoms with Crippen LogP contribution in [0, 0.1) is 0 Å². The van der Waals surface area contributed by atoms with Gasteiger partial charge in [0.15, 0.2) is 0 Å². The molecule has 11 heteroatoms. The largest absolute Gasteiger partial charge is 0.423 e. The number of hydrogen-bond donors (Lipinski definition) is 2. The van der Waals surface area contributed by atoms with Crippen LogP contribution in [0.5, 0.6) is 5.75 Å². The number of ether oxygens (including phenoxy) is 1. The number of hydrogen-bond acceptors (Lipinski definition) is 6. The van der Waals surface area contributed by atoms with Crippen molar-refractivity contribution in [3.8, 4) is 5.75 Å². The second-order valence-corrected chi connectivity index (χ2v) is 10.4. The average Bonchev–Trinajstić information content (AvgIpc) is 2.90. The normalized spacial score (nSPS) is 11.2. The molecule has 0 aliphatic rings. The monoisotopic (exact) mass is 567 g/mol. The lowest BCUT2D eigenvalue weighted by Crippen LogP contribution is -2.18. The highest BCUT2D eigenvalue weighted by atomic mass is 35.5. The highest BCUT2D eigenvalue weighted by Crippen LogP contribution is 2.19. The number of benzene rings is 4. The van der Waals surface area contributed by atoms with Crippen molar-refractivity contribution < 1.29 is 22.7 Å². The average molecular weight is 568 g/mol. The third kappa shape index (κ3) is 7.19. The van der Waals surface area contributed by atoms with Crippen LogP contribution in [0.4, 0.5) is 5.69 Å². The fourth-order valence-corrected chi connectivity index (χ4v) is 4.43. The first-order chi connectivity index (χ1) is 18.2. The third-order valence-corrected chi connectivity index (χ3v) is 6.97.